The fraction of sp³-hybridized carbons (Fsp3) is 0.250. The van der Waals surface area contributed by atoms with Crippen LogP contribution in [0.4, 0.5) is 5.69 Å². The molecular formula is C12H15N3O. The molecule has 2 rings (SSSR count). The highest BCUT2D eigenvalue weighted by molar-refractivity contribution is 5.42. The maximum absolute atomic E-state index is 5.62. The molecule has 1 aromatic heterocycles. The van der Waals surface area contributed by atoms with Gasteiger partial charge < -0.3 is 10.5 Å². The molecule has 4 nitrogen and oxygen atoms in total. The van der Waals surface area contributed by atoms with E-state index in [-0.39, 0.29) is 0 Å². The molecule has 0 saturated heterocycles. The summed E-state index contributed by atoms with van der Waals surface area (Å²) in [5, 5.41) is 4.19. The Labute approximate surface area is 94.6 Å². The molecule has 0 bridgehead atoms. The minimum absolute atomic E-state index is 0.731. The Balaban J connectivity index is 2.05. The van der Waals surface area contributed by atoms with Gasteiger partial charge in [-0.25, -0.2) is 0 Å². The van der Waals surface area contributed by atoms with Crippen LogP contribution >= 0.6 is 0 Å². The van der Waals surface area contributed by atoms with Gasteiger partial charge in [-0.2, -0.15) is 5.10 Å². The minimum Gasteiger partial charge on any atom is -0.454 e. The second-order valence-electron chi connectivity index (χ2n) is 3.61. The lowest BCUT2D eigenvalue weighted by molar-refractivity contribution is 0.480. The van der Waals surface area contributed by atoms with Crippen molar-refractivity contribution in [2.24, 2.45) is 0 Å². The molecule has 2 aromatic rings. The number of nitrogens with zero attached hydrogens (tertiary/aromatic N) is 2. The maximum atomic E-state index is 5.62. The van der Waals surface area contributed by atoms with Gasteiger partial charge in [0.2, 0.25) is 0 Å². The highest BCUT2D eigenvalue weighted by atomic mass is 16.5. The Morgan fingerprint density at radius 3 is 2.69 bits per heavy atom. The first-order chi connectivity index (χ1) is 7.78. The fourth-order valence-electron chi connectivity index (χ4n) is 1.42. The smallest absolute Gasteiger partial charge is 0.165 e. The van der Waals surface area contributed by atoms with Crippen LogP contribution in [0.2, 0.25) is 0 Å². The molecule has 1 aromatic carbocycles. The van der Waals surface area contributed by atoms with E-state index in [9.17, 15) is 0 Å². The molecule has 0 aliphatic heterocycles. The van der Waals surface area contributed by atoms with Gasteiger partial charge in [-0.3, -0.25) is 4.68 Å². The fourth-order valence-corrected chi connectivity index (χ4v) is 1.42. The molecule has 0 amide bonds. The van der Waals surface area contributed by atoms with E-state index in [0.29, 0.717) is 0 Å². The molecule has 0 radical (unpaired) electrons. The third-order valence-electron chi connectivity index (χ3n) is 2.18. The molecule has 0 unspecified atom stereocenters. The lowest BCUT2D eigenvalue weighted by Gasteiger charge is -2.02. The van der Waals surface area contributed by atoms with Crippen molar-refractivity contribution in [3.8, 4) is 11.5 Å². The number of anilines is 1. The Morgan fingerprint density at radius 2 is 2.00 bits per heavy atom. The summed E-state index contributed by atoms with van der Waals surface area (Å²) in [5.74, 6) is 1.52. The molecule has 2 N–H and O–H groups in total. The Hall–Kier alpha value is -1.97. The van der Waals surface area contributed by atoms with Crippen molar-refractivity contribution in [3.05, 3.63) is 36.7 Å². The van der Waals surface area contributed by atoms with Crippen molar-refractivity contribution in [1.29, 1.82) is 0 Å². The molecule has 0 fully saturated rings. The summed E-state index contributed by atoms with van der Waals surface area (Å²) >= 11 is 0. The van der Waals surface area contributed by atoms with Crippen molar-refractivity contribution >= 4 is 5.69 Å². The Morgan fingerprint density at radius 1 is 1.25 bits per heavy atom. The normalized spacial score (nSPS) is 10.3. The first-order valence-electron chi connectivity index (χ1n) is 5.34. The summed E-state index contributed by atoms with van der Waals surface area (Å²) in [5.41, 5.74) is 6.32. The first-order valence-corrected chi connectivity index (χ1v) is 5.34. The SMILES string of the molecule is CCCn1cc(Oc2ccc(N)cc2)cn1. The number of hydrogen-bond donors (Lipinski definition) is 1. The van der Waals surface area contributed by atoms with Crippen LogP contribution in [0.15, 0.2) is 36.7 Å². The van der Waals surface area contributed by atoms with Gasteiger partial charge >= 0.3 is 0 Å². The van der Waals surface area contributed by atoms with Gasteiger partial charge in [-0.1, -0.05) is 6.92 Å². The first kappa shape index (κ1) is 10.5. The highest BCUT2D eigenvalue weighted by Gasteiger charge is 2.00. The molecular weight excluding hydrogens is 202 g/mol. The van der Waals surface area contributed by atoms with Crippen molar-refractivity contribution in [3.63, 3.8) is 0 Å². The van der Waals surface area contributed by atoms with Crippen LogP contribution in [0.3, 0.4) is 0 Å². The quantitative estimate of drug-likeness (QED) is 0.801. The maximum Gasteiger partial charge on any atom is 0.165 e. The van der Waals surface area contributed by atoms with Crippen LogP contribution in [-0.4, -0.2) is 9.78 Å². The highest BCUT2D eigenvalue weighted by Crippen LogP contribution is 2.21. The van der Waals surface area contributed by atoms with E-state index >= 15 is 0 Å². The van der Waals surface area contributed by atoms with Gasteiger partial charge in [0.05, 0.1) is 12.4 Å². The van der Waals surface area contributed by atoms with Crippen LogP contribution in [0.5, 0.6) is 11.5 Å². The average Bonchev–Trinajstić information content (AvgIpc) is 2.70. The number of benzene rings is 1. The standard InChI is InChI=1S/C12H15N3O/c1-2-7-15-9-12(8-14-15)16-11-5-3-10(13)4-6-11/h3-6,8-9H,2,7,13H2,1H3. The number of nitrogen functional groups attached to an aromatic ring is 1. The van der Waals surface area contributed by atoms with Gasteiger partial charge in [0.1, 0.15) is 5.75 Å². The van der Waals surface area contributed by atoms with E-state index in [0.717, 1.165) is 30.2 Å². The monoisotopic (exact) mass is 217 g/mol. The molecule has 84 valence electrons. The van der Waals surface area contributed by atoms with Gasteiger partial charge in [-0.05, 0) is 30.7 Å². The number of rotatable bonds is 4. The van der Waals surface area contributed by atoms with E-state index in [1.54, 1.807) is 6.20 Å². The molecule has 16 heavy (non-hydrogen) atoms. The van der Waals surface area contributed by atoms with Crippen LogP contribution < -0.4 is 10.5 Å². The number of aryl methyl sites for hydroxylation is 1. The van der Waals surface area contributed by atoms with Crippen LogP contribution in [-0.2, 0) is 6.54 Å². The molecule has 0 spiro atoms. The van der Waals surface area contributed by atoms with Gasteiger partial charge in [0, 0.05) is 12.2 Å². The number of nitrogens with two attached hydrogens (primary N) is 1. The minimum atomic E-state index is 0.731. The zero-order valence-corrected chi connectivity index (χ0v) is 9.26. The lowest BCUT2D eigenvalue weighted by Crippen LogP contribution is -1.95. The summed E-state index contributed by atoms with van der Waals surface area (Å²) in [4.78, 5) is 0. The molecule has 0 saturated carbocycles. The van der Waals surface area contributed by atoms with Crippen molar-refractivity contribution < 1.29 is 4.74 Å². The largest absolute Gasteiger partial charge is 0.454 e. The predicted octanol–water partition coefficient (Wildman–Crippen LogP) is 2.67. The third-order valence-corrected chi connectivity index (χ3v) is 2.18. The second kappa shape index (κ2) is 4.70. The number of ether oxygens (including phenoxy) is 1. The van der Waals surface area contributed by atoms with E-state index in [1.165, 1.54) is 0 Å². The van der Waals surface area contributed by atoms with Gasteiger partial charge in [0.15, 0.2) is 5.75 Å². The summed E-state index contributed by atoms with van der Waals surface area (Å²) in [6, 6.07) is 7.30. The summed E-state index contributed by atoms with van der Waals surface area (Å²) in [7, 11) is 0. The van der Waals surface area contributed by atoms with Crippen molar-refractivity contribution in [2.45, 2.75) is 19.9 Å². The van der Waals surface area contributed by atoms with Crippen molar-refractivity contribution in [2.75, 3.05) is 5.73 Å². The molecule has 0 aliphatic carbocycles. The van der Waals surface area contributed by atoms with E-state index in [2.05, 4.69) is 12.0 Å². The van der Waals surface area contributed by atoms with E-state index < -0.39 is 0 Å². The number of aromatic nitrogens is 2. The van der Waals surface area contributed by atoms with Crippen LogP contribution in [0.25, 0.3) is 0 Å². The topological polar surface area (TPSA) is 53.1 Å². The summed E-state index contributed by atoms with van der Waals surface area (Å²) in [6.07, 6.45) is 4.66. The molecule has 0 atom stereocenters. The van der Waals surface area contributed by atoms with Crippen molar-refractivity contribution in [1.82, 2.24) is 9.78 Å². The molecule has 1 heterocycles. The predicted molar refractivity (Wildman–Crippen MR) is 63.4 cm³/mol. The average molecular weight is 217 g/mol. The number of hydrogen-bond acceptors (Lipinski definition) is 3. The molecule has 0 aliphatic rings. The molecule has 4 heteroatoms. The zero-order valence-electron chi connectivity index (χ0n) is 9.26. The lowest BCUT2D eigenvalue weighted by atomic mass is 10.3. The zero-order chi connectivity index (χ0) is 11.4. The summed E-state index contributed by atoms with van der Waals surface area (Å²) in [6.45, 7) is 3.02. The van der Waals surface area contributed by atoms with Crippen LogP contribution in [0.1, 0.15) is 13.3 Å². The van der Waals surface area contributed by atoms with E-state index in [1.807, 2.05) is 35.1 Å². The Kier molecular flexibility index (Phi) is 3.10. The second-order valence-corrected chi connectivity index (χ2v) is 3.61. The van der Waals surface area contributed by atoms with Gasteiger partial charge in [-0.15, -0.1) is 0 Å². The summed E-state index contributed by atoms with van der Waals surface area (Å²) < 4.78 is 7.49. The third kappa shape index (κ3) is 2.53. The van der Waals surface area contributed by atoms with Crippen LogP contribution in [0, 0.1) is 0 Å². The van der Waals surface area contributed by atoms with E-state index in [4.69, 9.17) is 10.5 Å². The Bertz CT molecular complexity index is 448. The van der Waals surface area contributed by atoms with Gasteiger partial charge in [0.25, 0.3) is 0 Å².